The van der Waals surface area contributed by atoms with Gasteiger partial charge in [-0.2, -0.15) is 0 Å². The van der Waals surface area contributed by atoms with Crippen LogP contribution in [0.25, 0.3) is 0 Å². The van der Waals surface area contributed by atoms with E-state index in [1.54, 1.807) is 0 Å². The lowest BCUT2D eigenvalue weighted by atomic mass is 9.85. The van der Waals surface area contributed by atoms with Crippen molar-refractivity contribution >= 4 is 31.3 Å². The van der Waals surface area contributed by atoms with Gasteiger partial charge in [-0.1, -0.05) is 0 Å². The van der Waals surface area contributed by atoms with Crippen molar-refractivity contribution in [3.8, 4) is 0 Å². The van der Waals surface area contributed by atoms with Crippen LogP contribution in [0.1, 0.15) is 0 Å². The van der Waals surface area contributed by atoms with E-state index in [0.717, 1.165) is 0 Å². The van der Waals surface area contributed by atoms with Crippen molar-refractivity contribution in [3.05, 3.63) is 0 Å². The van der Waals surface area contributed by atoms with Gasteiger partial charge in [0.25, 0.3) is 0 Å². The summed E-state index contributed by atoms with van der Waals surface area (Å²) in [5, 5.41) is 19.8. The third-order valence-corrected chi connectivity index (χ3v) is 5.00. The summed E-state index contributed by atoms with van der Waals surface area (Å²) in [5.41, 5.74) is 0. The van der Waals surface area contributed by atoms with Crippen LogP contribution in [0.15, 0.2) is 0 Å². The van der Waals surface area contributed by atoms with Crippen LogP contribution in [0.4, 0.5) is 0 Å². The Morgan fingerprint density at radius 3 is 0.714 bits per heavy atom. The fraction of sp³-hybridized carbons (Fsp3) is 1.00. The van der Waals surface area contributed by atoms with E-state index in [4.69, 9.17) is 0 Å². The molecule has 18 nitrogen and oxygen atoms in total. The van der Waals surface area contributed by atoms with Crippen LogP contribution < -0.4 is 39.1 Å². The van der Waals surface area contributed by atoms with Crippen LogP contribution in [0.3, 0.4) is 0 Å². The highest BCUT2D eigenvalue weighted by Gasteiger charge is 2.54. The number of hydrogen-bond acceptors (Lipinski definition) is 18. The van der Waals surface area contributed by atoms with Gasteiger partial charge >= 0.3 is 0 Å². The van der Waals surface area contributed by atoms with Gasteiger partial charge in [-0.15, -0.1) is 0 Å². The predicted molar refractivity (Wildman–Crippen MR) is 61.9 cm³/mol. The molecule has 6 atom stereocenters. The molecule has 1 aliphatic rings. The number of rotatable bonds is 8. The van der Waals surface area contributed by atoms with Crippen LogP contribution in [0.5, 0.6) is 0 Å². The highest BCUT2D eigenvalue weighted by atomic mass is 31.2. The molecule has 28 heavy (non-hydrogen) atoms. The number of phosphoric ester groups is 4. The molecular formula is C6H8O18P4-8. The molecule has 0 spiro atoms. The van der Waals surface area contributed by atoms with E-state index in [1.807, 2.05) is 0 Å². The topological polar surface area (TPSA) is 330 Å². The minimum absolute atomic E-state index is 2.92. The quantitative estimate of drug-likeness (QED) is 0.297. The van der Waals surface area contributed by atoms with Gasteiger partial charge in [0, 0.05) is 0 Å². The van der Waals surface area contributed by atoms with E-state index < -0.39 is 67.9 Å². The first-order valence-corrected chi connectivity index (χ1v) is 12.2. The molecule has 2 N–H and O–H groups in total. The van der Waals surface area contributed by atoms with Crippen molar-refractivity contribution in [1.82, 2.24) is 0 Å². The molecule has 0 aromatic heterocycles. The number of phosphoric acid groups is 4. The van der Waals surface area contributed by atoms with E-state index in [-0.39, 0.29) is 0 Å². The maximum Gasteiger partial charge on any atom is 0.120 e. The smallest absolute Gasteiger partial charge is 0.120 e. The summed E-state index contributed by atoms with van der Waals surface area (Å²) >= 11 is 0. The van der Waals surface area contributed by atoms with Crippen molar-refractivity contribution in [2.75, 3.05) is 0 Å². The maximum atomic E-state index is 10.7. The van der Waals surface area contributed by atoms with Crippen LogP contribution in [0.2, 0.25) is 0 Å². The highest BCUT2D eigenvalue weighted by Crippen LogP contribution is 2.46. The minimum atomic E-state index is -6.18. The first-order chi connectivity index (χ1) is 12.2. The van der Waals surface area contributed by atoms with Gasteiger partial charge in [0.15, 0.2) is 0 Å². The third kappa shape index (κ3) is 8.62. The molecular weight excluding hydrogens is 484 g/mol. The SMILES string of the molecule is O=P([O-])([O-])O[C@@H]1C(O)[C@@H](OP(=O)([O-])[O-])[C@@H](OP(=O)([O-])[O-])C(O)[C@H]1OP(=O)([O-])[O-]. The fourth-order valence-electron chi connectivity index (χ4n) is 2.24. The van der Waals surface area contributed by atoms with E-state index in [0.29, 0.717) is 0 Å². The number of aliphatic hydroxyl groups is 2. The fourth-order valence-corrected chi connectivity index (χ4v) is 4.41. The Labute approximate surface area is 154 Å². The summed E-state index contributed by atoms with van der Waals surface area (Å²) in [6.45, 7) is 0. The van der Waals surface area contributed by atoms with Crippen molar-refractivity contribution in [3.63, 3.8) is 0 Å². The lowest BCUT2D eigenvalue weighted by Gasteiger charge is -2.53. The van der Waals surface area contributed by atoms with Crippen LogP contribution >= 0.6 is 31.3 Å². The Morgan fingerprint density at radius 1 is 0.464 bits per heavy atom. The molecule has 168 valence electrons. The molecule has 1 aliphatic carbocycles. The molecule has 22 heteroatoms. The Bertz CT molecular complexity index is 604. The molecule has 0 radical (unpaired) electrons. The third-order valence-electron chi connectivity index (χ3n) is 3.00. The Balaban J connectivity index is 3.47. The molecule has 0 aliphatic heterocycles. The lowest BCUT2D eigenvalue weighted by molar-refractivity contribution is -0.378. The Hall–Kier alpha value is 0.360. The van der Waals surface area contributed by atoms with E-state index in [2.05, 4.69) is 18.1 Å². The van der Waals surface area contributed by atoms with E-state index in [1.165, 1.54) is 0 Å². The van der Waals surface area contributed by atoms with Crippen molar-refractivity contribution in [2.45, 2.75) is 36.6 Å². The standard InChI is InChI=1S/C6H16O18P4/c7-1-3(21-25(9,10)11)5(23-27(15,16)17)2(8)6(24-28(18,19)20)4(1)22-26(12,13)14/h1-8H,(H2,9,10,11)(H2,12,13,14)(H2,15,16,17)(H2,18,19,20)/p-8/t1?,2?,3-,4-,5-,6+/m1/s1. The first-order valence-electron chi connectivity index (χ1n) is 6.38. The molecule has 1 saturated carbocycles. The lowest BCUT2D eigenvalue weighted by Crippen LogP contribution is -2.66. The van der Waals surface area contributed by atoms with Gasteiger partial charge in [0.1, 0.15) is 36.6 Å². The molecule has 0 heterocycles. The van der Waals surface area contributed by atoms with Gasteiger partial charge in [-0.25, -0.2) is 0 Å². The van der Waals surface area contributed by atoms with Crippen molar-refractivity contribution < 1.29 is 85.7 Å². The molecule has 0 amide bonds. The molecule has 0 bridgehead atoms. The van der Waals surface area contributed by atoms with Gasteiger partial charge in [-0.05, 0) is 0 Å². The molecule has 1 fully saturated rings. The predicted octanol–water partition coefficient (Wildman–Crippen LogP) is -8.42. The Morgan fingerprint density at radius 2 is 0.607 bits per heavy atom. The highest BCUT2D eigenvalue weighted by molar-refractivity contribution is 7.44. The zero-order chi connectivity index (χ0) is 22.3. The van der Waals surface area contributed by atoms with E-state index in [9.17, 15) is 67.6 Å². The first kappa shape index (κ1) is 26.4. The van der Waals surface area contributed by atoms with Crippen LogP contribution in [-0.4, -0.2) is 46.8 Å². The summed E-state index contributed by atoms with van der Waals surface area (Å²) in [6.07, 6.45) is -17.6. The van der Waals surface area contributed by atoms with Gasteiger partial charge in [-0.3, -0.25) is 0 Å². The zero-order valence-electron chi connectivity index (χ0n) is 12.7. The van der Waals surface area contributed by atoms with Gasteiger partial charge < -0.3 is 85.7 Å². The average Bonchev–Trinajstić information content (AvgIpc) is 2.39. The number of hydrogen-bond donors (Lipinski definition) is 2. The second-order valence-electron chi connectivity index (χ2n) is 5.05. The monoisotopic (exact) mass is 492 g/mol. The Kier molecular flexibility index (Phi) is 8.34. The maximum absolute atomic E-state index is 10.7. The number of aliphatic hydroxyl groups excluding tert-OH is 2. The second kappa shape index (κ2) is 8.85. The second-order valence-corrected chi connectivity index (χ2v) is 9.47. The summed E-state index contributed by atoms with van der Waals surface area (Å²) in [5.74, 6) is 0. The molecule has 1 rings (SSSR count). The van der Waals surface area contributed by atoms with Gasteiger partial charge in [0.2, 0.25) is 0 Å². The molecule has 0 aromatic rings. The van der Waals surface area contributed by atoms with E-state index >= 15 is 0 Å². The summed E-state index contributed by atoms with van der Waals surface area (Å²) < 4.78 is 57.8. The van der Waals surface area contributed by atoms with Crippen LogP contribution in [-0.2, 0) is 36.4 Å². The summed E-state index contributed by atoms with van der Waals surface area (Å²) in [7, 11) is -24.7. The molecule has 2 unspecified atom stereocenters. The summed E-state index contributed by atoms with van der Waals surface area (Å²) in [4.78, 5) is 86.0. The normalized spacial score (nSPS) is 33.1. The van der Waals surface area contributed by atoms with Gasteiger partial charge in [0.05, 0.1) is 31.3 Å². The molecule has 0 aromatic carbocycles. The largest absolute Gasteiger partial charge is 0.790 e. The van der Waals surface area contributed by atoms with Crippen molar-refractivity contribution in [1.29, 1.82) is 0 Å². The minimum Gasteiger partial charge on any atom is -0.790 e. The zero-order valence-corrected chi connectivity index (χ0v) is 16.3. The summed E-state index contributed by atoms with van der Waals surface area (Å²) in [6, 6.07) is 0. The van der Waals surface area contributed by atoms with Crippen LogP contribution in [0, 0.1) is 0 Å². The molecule has 0 saturated heterocycles. The average molecular weight is 492 g/mol. The van der Waals surface area contributed by atoms with Crippen molar-refractivity contribution in [2.24, 2.45) is 0 Å².